The SMILES string of the molecule is CCOc1ccc(CNCCCC2CC2)cc1. The van der Waals surface area contributed by atoms with Crippen LogP contribution in [-0.4, -0.2) is 13.2 Å². The second-order valence-electron chi connectivity index (χ2n) is 4.84. The van der Waals surface area contributed by atoms with Gasteiger partial charge in [0, 0.05) is 6.54 Å². The van der Waals surface area contributed by atoms with E-state index in [0.717, 1.165) is 31.4 Å². The summed E-state index contributed by atoms with van der Waals surface area (Å²) < 4.78 is 5.42. The Morgan fingerprint density at radius 1 is 1.24 bits per heavy atom. The highest BCUT2D eigenvalue weighted by Gasteiger charge is 2.19. The molecule has 0 amide bonds. The molecule has 1 fully saturated rings. The maximum atomic E-state index is 5.42. The summed E-state index contributed by atoms with van der Waals surface area (Å²) in [7, 11) is 0. The van der Waals surface area contributed by atoms with E-state index in [-0.39, 0.29) is 0 Å². The van der Waals surface area contributed by atoms with Gasteiger partial charge in [0.05, 0.1) is 6.61 Å². The van der Waals surface area contributed by atoms with E-state index in [9.17, 15) is 0 Å². The molecular formula is C15H23NO. The molecule has 17 heavy (non-hydrogen) atoms. The number of ether oxygens (including phenoxy) is 1. The van der Waals surface area contributed by atoms with Gasteiger partial charge in [-0.25, -0.2) is 0 Å². The van der Waals surface area contributed by atoms with Crippen molar-refractivity contribution in [3.63, 3.8) is 0 Å². The molecule has 1 saturated carbocycles. The van der Waals surface area contributed by atoms with Crippen LogP contribution >= 0.6 is 0 Å². The van der Waals surface area contributed by atoms with Gasteiger partial charge in [0.25, 0.3) is 0 Å². The van der Waals surface area contributed by atoms with Gasteiger partial charge in [0.15, 0.2) is 0 Å². The molecule has 0 spiro atoms. The van der Waals surface area contributed by atoms with Gasteiger partial charge in [-0.3, -0.25) is 0 Å². The number of hydrogen-bond acceptors (Lipinski definition) is 2. The summed E-state index contributed by atoms with van der Waals surface area (Å²) in [5, 5.41) is 3.50. The normalized spacial score (nSPS) is 14.9. The Hall–Kier alpha value is -1.02. The average Bonchev–Trinajstić information content (AvgIpc) is 3.15. The monoisotopic (exact) mass is 233 g/mol. The highest BCUT2D eigenvalue weighted by molar-refractivity contribution is 5.27. The van der Waals surface area contributed by atoms with E-state index in [0.29, 0.717) is 0 Å². The van der Waals surface area contributed by atoms with Gasteiger partial charge >= 0.3 is 0 Å². The molecule has 0 radical (unpaired) electrons. The lowest BCUT2D eigenvalue weighted by atomic mass is 10.2. The van der Waals surface area contributed by atoms with E-state index in [2.05, 4.69) is 17.4 Å². The van der Waals surface area contributed by atoms with E-state index >= 15 is 0 Å². The van der Waals surface area contributed by atoms with E-state index in [4.69, 9.17) is 4.74 Å². The predicted molar refractivity (Wildman–Crippen MR) is 71.3 cm³/mol. The second kappa shape index (κ2) is 6.65. The molecule has 0 aromatic heterocycles. The van der Waals surface area contributed by atoms with Crippen LogP contribution in [0.3, 0.4) is 0 Å². The third kappa shape index (κ3) is 4.78. The van der Waals surface area contributed by atoms with Crippen molar-refractivity contribution in [1.82, 2.24) is 5.32 Å². The lowest BCUT2D eigenvalue weighted by Crippen LogP contribution is -2.14. The van der Waals surface area contributed by atoms with Gasteiger partial charge in [0.1, 0.15) is 5.75 Å². The zero-order valence-corrected chi connectivity index (χ0v) is 10.7. The zero-order valence-electron chi connectivity index (χ0n) is 10.7. The molecule has 0 heterocycles. The predicted octanol–water partition coefficient (Wildman–Crippen LogP) is 3.37. The molecule has 1 N–H and O–H groups in total. The maximum absolute atomic E-state index is 5.42. The van der Waals surface area contributed by atoms with Crippen LogP contribution in [-0.2, 0) is 6.54 Å². The van der Waals surface area contributed by atoms with Gasteiger partial charge in [-0.15, -0.1) is 0 Å². The summed E-state index contributed by atoms with van der Waals surface area (Å²) in [6.07, 6.45) is 5.68. The molecule has 0 unspecified atom stereocenters. The largest absolute Gasteiger partial charge is 0.494 e. The molecule has 0 bridgehead atoms. The first kappa shape index (κ1) is 12.4. The van der Waals surface area contributed by atoms with Crippen LogP contribution in [0.5, 0.6) is 5.75 Å². The quantitative estimate of drug-likeness (QED) is 0.695. The van der Waals surface area contributed by atoms with Crippen LogP contribution in [0.25, 0.3) is 0 Å². The van der Waals surface area contributed by atoms with Gasteiger partial charge < -0.3 is 10.1 Å². The van der Waals surface area contributed by atoms with E-state index in [1.807, 2.05) is 19.1 Å². The molecule has 1 aliphatic carbocycles. The molecular weight excluding hydrogens is 210 g/mol. The minimum Gasteiger partial charge on any atom is -0.494 e. The molecule has 2 heteroatoms. The molecule has 2 nitrogen and oxygen atoms in total. The molecule has 94 valence electrons. The van der Waals surface area contributed by atoms with Crippen molar-refractivity contribution in [1.29, 1.82) is 0 Å². The molecule has 1 aromatic rings. The summed E-state index contributed by atoms with van der Waals surface area (Å²) in [4.78, 5) is 0. The van der Waals surface area contributed by atoms with Crippen molar-refractivity contribution in [2.24, 2.45) is 5.92 Å². The smallest absolute Gasteiger partial charge is 0.119 e. The third-order valence-electron chi connectivity index (χ3n) is 3.23. The number of benzene rings is 1. The van der Waals surface area contributed by atoms with Crippen LogP contribution in [0.2, 0.25) is 0 Å². The maximum Gasteiger partial charge on any atom is 0.119 e. The van der Waals surface area contributed by atoms with Crippen LogP contribution in [0.1, 0.15) is 38.2 Å². The first-order valence-corrected chi connectivity index (χ1v) is 6.81. The van der Waals surface area contributed by atoms with Crippen LogP contribution < -0.4 is 10.1 Å². The molecule has 0 atom stereocenters. The fourth-order valence-corrected chi connectivity index (χ4v) is 2.03. The summed E-state index contributed by atoms with van der Waals surface area (Å²) in [6.45, 7) is 4.86. The first-order valence-electron chi connectivity index (χ1n) is 6.81. The fourth-order valence-electron chi connectivity index (χ4n) is 2.03. The number of nitrogens with one attached hydrogen (secondary N) is 1. The van der Waals surface area contributed by atoms with Crippen LogP contribution in [0, 0.1) is 5.92 Å². The van der Waals surface area contributed by atoms with Crippen LogP contribution in [0.4, 0.5) is 0 Å². The highest BCUT2D eigenvalue weighted by Crippen LogP contribution is 2.33. The zero-order chi connectivity index (χ0) is 11.9. The summed E-state index contributed by atoms with van der Waals surface area (Å²) in [5.41, 5.74) is 1.33. The lowest BCUT2D eigenvalue weighted by Gasteiger charge is -2.06. The van der Waals surface area contributed by atoms with Gasteiger partial charge in [0.2, 0.25) is 0 Å². The molecule has 2 rings (SSSR count). The Kier molecular flexibility index (Phi) is 4.87. The summed E-state index contributed by atoms with van der Waals surface area (Å²) in [5.74, 6) is 2.02. The summed E-state index contributed by atoms with van der Waals surface area (Å²) >= 11 is 0. The van der Waals surface area contributed by atoms with Crippen molar-refractivity contribution in [2.45, 2.75) is 39.2 Å². The fraction of sp³-hybridized carbons (Fsp3) is 0.600. The van der Waals surface area contributed by atoms with E-state index in [1.165, 1.54) is 31.2 Å². The Bertz CT molecular complexity index is 316. The molecule has 1 aliphatic rings. The van der Waals surface area contributed by atoms with Crippen molar-refractivity contribution < 1.29 is 4.74 Å². The van der Waals surface area contributed by atoms with Gasteiger partial charge in [-0.1, -0.05) is 25.0 Å². The average molecular weight is 233 g/mol. The first-order chi connectivity index (χ1) is 8.38. The van der Waals surface area contributed by atoms with Crippen LogP contribution in [0.15, 0.2) is 24.3 Å². The topological polar surface area (TPSA) is 21.3 Å². The number of rotatable bonds is 8. The number of hydrogen-bond donors (Lipinski definition) is 1. The standard InChI is InChI=1S/C15H23NO/c1-2-17-15-9-7-14(8-10-15)12-16-11-3-4-13-5-6-13/h7-10,13,16H,2-6,11-12H2,1H3. The molecule has 1 aromatic carbocycles. The Balaban J connectivity index is 1.60. The van der Waals surface area contributed by atoms with Crippen molar-refractivity contribution in [2.75, 3.05) is 13.2 Å². The summed E-state index contributed by atoms with van der Waals surface area (Å²) in [6, 6.07) is 8.37. The second-order valence-corrected chi connectivity index (χ2v) is 4.84. The van der Waals surface area contributed by atoms with Gasteiger partial charge in [-0.05, 0) is 49.9 Å². The van der Waals surface area contributed by atoms with E-state index < -0.39 is 0 Å². The molecule has 0 saturated heterocycles. The minimum absolute atomic E-state index is 0.735. The Morgan fingerprint density at radius 3 is 2.65 bits per heavy atom. The third-order valence-corrected chi connectivity index (χ3v) is 3.23. The van der Waals surface area contributed by atoms with Crippen molar-refractivity contribution in [3.05, 3.63) is 29.8 Å². The Morgan fingerprint density at radius 2 is 2.00 bits per heavy atom. The van der Waals surface area contributed by atoms with E-state index in [1.54, 1.807) is 0 Å². The van der Waals surface area contributed by atoms with Gasteiger partial charge in [-0.2, -0.15) is 0 Å². The van der Waals surface area contributed by atoms with Crippen molar-refractivity contribution >= 4 is 0 Å². The minimum atomic E-state index is 0.735. The lowest BCUT2D eigenvalue weighted by molar-refractivity contribution is 0.340. The Labute approximate surface area is 104 Å². The highest BCUT2D eigenvalue weighted by atomic mass is 16.5. The van der Waals surface area contributed by atoms with Crippen molar-refractivity contribution in [3.8, 4) is 5.75 Å². The molecule has 0 aliphatic heterocycles.